The highest BCUT2D eigenvalue weighted by Gasteiger charge is 2.23. The van der Waals surface area contributed by atoms with Crippen molar-refractivity contribution in [1.82, 2.24) is 9.80 Å². The standard InChI is InChI=1S/C22H25FN2S/c1-15(2)16-5-7-21-19(12-16)20(25-10-8-24(3)9-11-25)13-17-4-6-18(23)14-22(17)26-21/h4-7,12-15H,8-11H2,1-3H3. The van der Waals surface area contributed by atoms with E-state index < -0.39 is 0 Å². The van der Waals surface area contributed by atoms with Crippen molar-refractivity contribution in [3.05, 3.63) is 58.9 Å². The monoisotopic (exact) mass is 368 g/mol. The summed E-state index contributed by atoms with van der Waals surface area (Å²) in [6, 6.07) is 11.9. The normalized spacial score (nSPS) is 17.6. The molecule has 4 heteroatoms. The third-order valence-electron chi connectivity index (χ3n) is 5.28. The van der Waals surface area contributed by atoms with Crippen LogP contribution in [-0.2, 0) is 0 Å². The molecule has 2 aliphatic heterocycles. The Morgan fingerprint density at radius 1 is 0.962 bits per heavy atom. The molecule has 0 unspecified atom stereocenters. The molecule has 1 saturated heterocycles. The van der Waals surface area contributed by atoms with Crippen LogP contribution in [0.3, 0.4) is 0 Å². The van der Waals surface area contributed by atoms with Crippen molar-refractivity contribution in [2.45, 2.75) is 29.6 Å². The molecular formula is C22H25FN2S. The van der Waals surface area contributed by atoms with E-state index in [1.165, 1.54) is 21.7 Å². The third kappa shape index (κ3) is 3.40. The molecule has 0 atom stereocenters. The van der Waals surface area contributed by atoms with Gasteiger partial charge in [-0.2, -0.15) is 0 Å². The Balaban J connectivity index is 1.85. The van der Waals surface area contributed by atoms with Gasteiger partial charge in [0.1, 0.15) is 5.82 Å². The molecule has 2 aliphatic rings. The fourth-order valence-electron chi connectivity index (χ4n) is 3.56. The zero-order valence-corrected chi connectivity index (χ0v) is 16.4. The summed E-state index contributed by atoms with van der Waals surface area (Å²) in [6.45, 7) is 8.65. The topological polar surface area (TPSA) is 6.48 Å². The fourth-order valence-corrected chi connectivity index (χ4v) is 4.63. The summed E-state index contributed by atoms with van der Waals surface area (Å²) in [5.41, 5.74) is 5.00. The number of halogens is 1. The van der Waals surface area contributed by atoms with Gasteiger partial charge in [-0.1, -0.05) is 37.7 Å². The van der Waals surface area contributed by atoms with E-state index in [1.807, 2.05) is 6.07 Å². The summed E-state index contributed by atoms with van der Waals surface area (Å²) in [5.74, 6) is 0.315. The average Bonchev–Trinajstić information content (AvgIpc) is 2.78. The van der Waals surface area contributed by atoms with E-state index in [1.54, 1.807) is 23.9 Å². The maximum atomic E-state index is 13.8. The van der Waals surface area contributed by atoms with Gasteiger partial charge in [-0.05, 0) is 54.4 Å². The fraction of sp³-hybridized carbons (Fsp3) is 0.364. The smallest absolute Gasteiger partial charge is 0.124 e. The minimum absolute atomic E-state index is 0.173. The van der Waals surface area contributed by atoms with Crippen molar-refractivity contribution >= 4 is 23.5 Å². The molecule has 136 valence electrons. The first kappa shape index (κ1) is 17.6. The van der Waals surface area contributed by atoms with Crippen molar-refractivity contribution in [2.75, 3.05) is 33.2 Å². The number of hydrogen-bond donors (Lipinski definition) is 0. The van der Waals surface area contributed by atoms with Crippen LogP contribution in [0.5, 0.6) is 0 Å². The lowest BCUT2D eigenvalue weighted by Gasteiger charge is -2.36. The SMILES string of the molecule is CC(C)c1ccc2c(c1)C(N1CCN(C)CC1)=Cc1ccc(F)cc1S2. The molecule has 26 heavy (non-hydrogen) atoms. The molecule has 4 rings (SSSR count). The van der Waals surface area contributed by atoms with Crippen LogP contribution in [-0.4, -0.2) is 43.0 Å². The van der Waals surface area contributed by atoms with Gasteiger partial charge in [0.15, 0.2) is 0 Å². The van der Waals surface area contributed by atoms with E-state index in [9.17, 15) is 4.39 Å². The number of rotatable bonds is 2. The second-order valence-electron chi connectivity index (χ2n) is 7.51. The summed E-state index contributed by atoms with van der Waals surface area (Å²) in [4.78, 5) is 7.07. The summed E-state index contributed by atoms with van der Waals surface area (Å²) >= 11 is 1.68. The first-order chi connectivity index (χ1) is 12.5. The highest BCUT2D eigenvalue weighted by molar-refractivity contribution is 7.99. The summed E-state index contributed by atoms with van der Waals surface area (Å²) in [7, 11) is 2.18. The number of hydrogen-bond acceptors (Lipinski definition) is 3. The molecule has 2 aromatic rings. The molecule has 0 amide bonds. The molecule has 0 aromatic heterocycles. The van der Waals surface area contributed by atoms with Crippen LogP contribution < -0.4 is 0 Å². The van der Waals surface area contributed by atoms with Crippen LogP contribution in [0, 0.1) is 5.82 Å². The molecule has 0 radical (unpaired) electrons. The summed E-state index contributed by atoms with van der Waals surface area (Å²) in [5, 5.41) is 0. The van der Waals surface area contributed by atoms with Crippen molar-refractivity contribution in [3.8, 4) is 0 Å². The van der Waals surface area contributed by atoms with Crippen LogP contribution in [0.2, 0.25) is 0 Å². The van der Waals surface area contributed by atoms with E-state index in [0.29, 0.717) is 5.92 Å². The summed E-state index contributed by atoms with van der Waals surface area (Å²) < 4.78 is 13.8. The first-order valence-corrected chi connectivity index (χ1v) is 10.1. The lowest BCUT2D eigenvalue weighted by molar-refractivity contribution is 0.207. The van der Waals surface area contributed by atoms with Gasteiger partial charge in [-0.15, -0.1) is 0 Å². The number of nitrogens with zero attached hydrogens (tertiary/aromatic N) is 2. The van der Waals surface area contributed by atoms with E-state index in [0.717, 1.165) is 36.6 Å². The highest BCUT2D eigenvalue weighted by Crippen LogP contribution is 2.42. The van der Waals surface area contributed by atoms with E-state index in [-0.39, 0.29) is 5.82 Å². The largest absolute Gasteiger partial charge is 0.368 e. The van der Waals surface area contributed by atoms with E-state index >= 15 is 0 Å². The van der Waals surface area contributed by atoms with Gasteiger partial charge < -0.3 is 9.80 Å². The lowest BCUT2D eigenvalue weighted by Crippen LogP contribution is -2.43. The van der Waals surface area contributed by atoms with Gasteiger partial charge in [0, 0.05) is 47.2 Å². The number of benzene rings is 2. The minimum atomic E-state index is -0.173. The molecular weight excluding hydrogens is 343 g/mol. The first-order valence-electron chi connectivity index (χ1n) is 9.28. The predicted molar refractivity (Wildman–Crippen MR) is 108 cm³/mol. The highest BCUT2D eigenvalue weighted by atomic mass is 32.2. The molecule has 2 nitrogen and oxygen atoms in total. The van der Waals surface area contributed by atoms with Gasteiger partial charge in [0.05, 0.1) is 0 Å². The number of likely N-dealkylation sites (N-methyl/N-ethyl adjacent to an activating group) is 1. The molecule has 2 heterocycles. The van der Waals surface area contributed by atoms with Crippen LogP contribution >= 0.6 is 11.8 Å². The lowest BCUT2D eigenvalue weighted by atomic mass is 9.98. The van der Waals surface area contributed by atoms with Crippen molar-refractivity contribution in [2.24, 2.45) is 0 Å². The Morgan fingerprint density at radius 2 is 1.73 bits per heavy atom. The van der Waals surface area contributed by atoms with Gasteiger partial charge in [-0.25, -0.2) is 4.39 Å². The third-order valence-corrected chi connectivity index (χ3v) is 6.43. The molecule has 0 aliphatic carbocycles. The average molecular weight is 369 g/mol. The Hall–Kier alpha value is -1.78. The molecule has 0 saturated carbocycles. The second-order valence-corrected chi connectivity index (χ2v) is 8.60. The van der Waals surface area contributed by atoms with Gasteiger partial charge in [0.2, 0.25) is 0 Å². The Bertz CT molecular complexity index is 851. The maximum absolute atomic E-state index is 13.8. The number of piperazine rings is 1. The van der Waals surface area contributed by atoms with Crippen LogP contribution in [0.4, 0.5) is 4.39 Å². The molecule has 1 fully saturated rings. The molecule has 0 spiro atoms. The Kier molecular flexibility index (Phi) is 4.80. The second kappa shape index (κ2) is 7.09. The Labute approximate surface area is 159 Å². The van der Waals surface area contributed by atoms with Gasteiger partial charge in [-0.3, -0.25) is 0 Å². The van der Waals surface area contributed by atoms with Crippen LogP contribution in [0.1, 0.15) is 36.5 Å². The zero-order chi connectivity index (χ0) is 18.3. The molecule has 2 aromatic carbocycles. The molecule has 0 N–H and O–H groups in total. The van der Waals surface area contributed by atoms with Crippen molar-refractivity contribution in [1.29, 1.82) is 0 Å². The van der Waals surface area contributed by atoms with E-state index in [4.69, 9.17) is 0 Å². The van der Waals surface area contributed by atoms with Crippen molar-refractivity contribution < 1.29 is 4.39 Å². The van der Waals surface area contributed by atoms with Gasteiger partial charge >= 0.3 is 0 Å². The Morgan fingerprint density at radius 3 is 2.46 bits per heavy atom. The van der Waals surface area contributed by atoms with Crippen LogP contribution in [0.25, 0.3) is 11.8 Å². The zero-order valence-electron chi connectivity index (χ0n) is 15.6. The molecule has 0 bridgehead atoms. The maximum Gasteiger partial charge on any atom is 0.124 e. The number of fused-ring (bicyclic) bond motifs is 2. The minimum Gasteiger partial charge on any atom is -0.368 e. The van der Waals surface area contributed by atoms with Crippen molar-refractivity contribution in [3.63, 3.8) is 0 Å². The predicted octanol–water partition coefficient (Wildman–Crippen LogP) is 5.16. The van der Waals surface area contributed by atoms with E-state index in [2.05, 4.69) is 55.0 Å². The quantitative estimate of drug-likeness (QED) is 0.723. The van der Waals surface area contributed by atoms with Gasteiger partial charge in [0.25, 0.3) is 0 Å². The van der Waals surface area contributed by atoms with Crippen LogP contribution in [0.15, 0.2) is 46.2 Å². The summed E-state index contributed by atoms with van der Waals surface area (Å²) in [6.07, 6.45) is 2.25.